The molecular weight excluding hydrogens is 462 g/mol. The number of rotatable bonds is 6. The van der Waals surface area contributed by atoms with Gasteiger partial charge in [0.05, 0.1) is 28.2 Å². The van der Waals surface area contributed by atoms with Gasteiger partial charge in [-0.15, -0.1) is 4.72 Å². The molecule has 0 saturated carbocycles. The SMILES string of the molecule is CN[S@+]([O-])c1cccc(NC(=O)c2c(Oc3ccc(F)nc3C)ccc(C(F)(F)F)c2C)c1. The van der Waals surface area contributed by atoms with E-state index in [0.717, 1.165) is 25.1 Å². The third kappa shape index (κ3) is 5.62. The number of hydrogen-bond acceptors (Lipinski definition) is 5. The van der Waals surface area contributed by atoms with Crippen LogP contribution >= 0.6 is 0 Å². The van der Waals surface area contributed by atoms with Crippen molar-refractivity contribution >= 4 is 23.0 Å². The zero-order valence-electron chi connectivity index (χ0n) is 17.7. The van der Waals surface area contributed by atoms with Gasteiger partial charge in [-0.05, 0) is 55.8 Å². The van der Waals surface area contributed by atoms with E-state index in [1.807, 2.05) is 0 Å². The zero-order valence-corrected chi connectivity index (χ0v) is 18.5. The molecule has 2 N–H and O–H groups in total. The Morgan fingerprint density at radius 3 is 2.42 bits per heavy atom. The van der Waals surface area contributed by atoms with Crippen LogP contribution in [0.2, 0.25) is 0 Å². The molecule has 1 aromatic heterocycles. The fourth-order valence-corrected chi connectivity index (χ4v) is 3.78. The first-order chi connectivity index (χ1) is 15.5. The Balaban J connectivity index is 2.04. The highest BCUT2D eigenvalue weighted by atomic mass is 32.2. The van der Waals surface area contributed by atoms with E-state index in [2.05, 4.69) is 15.0 Å². The van der Waals surface area contributed by atoms with Gasteiger partial charge in [0.25, 0.3) is 5.91 Å². The number of carbonyl (C=O) groups is 1. The Labute approximate surface area is 190 Å². The van der Waals surface area contributed by atoms with Crippen LogP contribution in [-0.2, 0) is 17.5 Å². The lowest BCUT2D eigenvalue weighted by Crippen LogP contribution is -2.20. The van der Waals surface area contributed by atoms with Gasteiger partial charge in [0.1, 0.15) is 11.5 Å². The molecule has 0 saturated heterocycles. The van der Waals surface area contributed by atoms with Crippen molar-refractivity contribution in [2.45, 2.75) is 24.9 Å². The third-order valence-corrected chi connectivity index (χ3v) is 5.73. The van der Waals surface area contributed by atoms with E-state index < -0.39 is 35.0 Å². The molecule has 0 radical (unpaired) electrons. The second-order valence-electron chi connectivity index (χ2n) is 6.88. The molecule has 3 aromatic rings. The molecule has 0 fully saturated rings. The van der Waals surface area contributed by atoms with Crippen LogP contribution in [0.15, 0.2) is 53.4 Å². The molecule has 3 rings (SSSR count). The maximum absolute atomic E-state index is 13.5. The van der Waals surface area contributed by atoms with E-state index >= 15 is 0 Å². The third-order valence-electron chi connectivity index (χ3n) is 4.67. The Morgan fingerprint density at radius 2 is 1.79 bits per heavy atom. The number of nitrogens with zero attached hydrogens (tertiary/aromatic N) is 1. The van der Waals surface area contributed by atoms with Crippen molar-refractivity contribution < 1.29 is 31.6 Å². The number of carbonyl (C=O) groups excluding carboxylic acids is 1. The van der Waals surface area contributed by atoms with E-state index in [1.165, 1.54) is 32.2 Å². The predicted octanol–water partition coefficient (Wildman–Crippen LogP) is 5.14. The molecule has 1 amide bonds. The molecule has 0 aliphatic heterocycles. The lowest BCUT2D eigenvalue weighted by molar-refractivity contribution is -0.138. The number of hydrogen-bond donors (Lipinski definition) is 2. The van der Waals surface area contributed by atoms with Gasteiger partial charge in [-0.25, -0.2) is 4.98 Å². The van der Waals surface area contributed by atoms with Gasteiger partial charge in [-0.2, -0.15) is 17.6 Å². The van der Waals surface area contributed by atoms with E-state index in [4.69, 9.17) is 4.74 Å². The van der Waals surface area contributed by atoms with Gasteiger partial charge in [-0.3, -0.25) is 4.79 Å². The highest BCUT2D eigenvalue weighted by Crippen LogP contribution is 2.38. The van der Waals surface area contributed by atoms with Crippen LogP contribution in [0.3, 0.4) is 0 Å². The molecule has 174 valence electrons. The summed E-state index contributed by atoms with van der Waals surface area (Å²) in [5, 5.41) is 2.52. The number of ether oxygens (including phenoxy) is 1. The first-order valence-electron chi connectivity index (χ1n) is 9.53. The molecule has 6 nitrogen and oxygen atoms in total. The van der Waals surface area contributed by atoms with Crippen molar-refractivity contribution in [3.05, 3.63) is 76.9 Å². The molecule has 0 bridgehead atoms. The minimum absolute atomic E-state index is 0.0797. The van der Waals surface area contributed by atoms with Crippen molar-refractivity contribution in [1.29, 1.82) is 0 Å². The Morgan fingerprint density at radius 1 is 1.09 bits per heavy atom. The van der Waals surface area contributed by atoms with Crippen molar-refractivity contribution in [1.82, 2.24) is 9.71 Å². The van der Waals surface area contributed by atoms with Crippen LogP contribution in [0.4, 0.5) is 23.2 Å². The molecule has 0 aliphatic rings. The van der Waals surface area contributed by atoms with Crippen LogP contribution in [0.5, 0.6) is 11.5 Å². The number of halogens is 4. The Bertz CT molecular complexity index is 1190. The predicted molar refractivity (Wildman–Crippen MR) is 115 cm³/mol. The molecule has 33 heavy (non-hydrogen) atoms. The van der Waals surface area contributed by atoms with Gasteiger partial charge < -0.3 is 14.6 Å². The molecule has 0 spiro atoms. The fourth-order valence-electron chi connectivity index (χ4n) is 3.11. The van der Waals surface area contributed by atoms with Gasteiger partial charge in [-0.1, -0.05) is 6.07 Å². The number of aryl methyl sites for hydroxylation is 1. The normalized spacial score (nSPS) is 12.4. The van der Waals surface area contributed by atoms with Gasteiger partial charge >= 0.3 is 6.18 Å². The van der Waals surface area contributed by atoms with Crippen molar-refractivity contribution in [2.24, 2.45) is 0 Å². The second-order valence-corrected chi connectivity index (χ2v) is 8.30. The summed E-state index contributed by atoms with van der Waals surface area (Å²) in [6.07, 6.45) is -4.70. The van der Waals surface area contributed by atoms with Gasteiger partial charge in [0.15, 0.2) is 4.90 Å². The molecular formula is C22H19F4N3O3S. The van der Waals surface area contributed by atoms with Crippen LogP contribution in [0, 0.1) is 19.8 Å². The van der Waals surface area contributed by atoms with Crippen molar-refractivity contribution in [3.63, 3.8) is 0 Å². The second kappa shape index (κ2) is 9.77. The summed E-state index contributed by atoms with van der Waals surface area (Å²) in [5.41, 5.74) is -1.32. The van der Waals surface area contributed by atoms with Gasteiger partial charge in [0.2, 0.25) is 5.95 Å². The minimum atomic E-state index is -4.70. The first kappa shape index (κ1) is 24.5. The molecule has 11 heteroatoms. The fraction of sp³-hybridized carbons (Fsp3) is 0.182. The first-order valence-corrected chi connectivity index (χ1v) is 10.7. The van der Waals surface area contributed by atoms with Gasteiger partial charge in [0, 0.05) is 18.8 Å². The molecule has 1 heterocycles. The van der Waals surface area contributed by atoms with Crippen molar-refractivity contribution in [2.75, 3.05) is 12.4 Å². The standard InChI is InChI=1S/C22H19F4N3O3S/c1-12-16(22(24,25)26)7-8-18(32-17-9-10-19(23)28-13(17)2)20(12)21(30)29-14-5-4-6-15(11-14)33(31)27-3/h4-11,27H,1-3H3,(H,29,30)/t33-/m1/s1. The lowest BCUT2D eigenvalue weighted by atomic mass is 10.00. The summed E-state index contributed by atoms with van der Waals surface area (Å²) < 4.78 is 74.0. The summed E-state index contributed by atoms with van der Waals surface area (Å²) in [4.78, 5) is 17.1. The summed E-state index contributed by atoms with van der Waals surface area (Å²) in [7, 11) is 1.49. The average molecular weight is 481 g/mol. The molecule has 0 aliphatic carbocycles. The van der Waals surface area contributed by atoms with Crippen LogP contribution in [0.25, 0.3) is 0 Å². The quantitative estimate of drug-likeness (QED) is 0.289. The lowest BCUT2D eigenvalue weighted by Gasteiger charge is -2.18. The van der Waals surface area contributed by atoms with Crippen LogP contribution in [0.1, 0.15) is 27.2 Å². The van der Waals surface area contributed by atoms with E-state index in [-0.39, 0.29) is 34.0 Å². The topological polar surface area (TPSA) is 86.3 Å². The highest BCUT2D eigenvalue weighted by Gasteiger charge is 2.35. The smallest absolute Gasteiger partial charge is 0.416 e. The summed E-state index contributed by atoms with van der Waals surface area (Å²) >= 11 is -1.53. The van der Waals surface area contributed by atoms with E-state index in [1.54, 1.807) is 12.1 Å². The summed E-state index contributed by atoms with van der Waals surface area (Å²) in [6, 6.07) is 10.2. The Hall–Kier alpha value is -3.15. The number of alkyl halides is 3. The van der Waals surface area contributed by atoms with E-state index in [0.29, 0.717) is 4.90 Å². The maximum Gasteiger partial charge on any atom is 0.416 e. The highest BCUT2D eigenvalue weighted by molar-refractivity contribution is 7.89. The number of amides is 1. The summed E-state index contributed by atoms with van der Waals surface area (Å²) in [6.45, 7) is 2.62. The number of pyridine rings is 1. The molecule has 1 atom stereocenters. The minimum Gasteiger partial charge on any atom is -0.593 e. The van der Waals surface area contributed by atoms with E-state index in [9.17, 15) is 26.9 Å². The maximum atomic E-state index is 13.5. The van der Waals surface area contributed by atoms with Crippen molar-refractivity contribution in [3.8, 4) is 11.5 Å². The van der Waals surface area contributed by atoms with Crippen LogP contribution < -0.4 is 14.8 Å². The average Bonchev–Trinajstić information content (AvgIpc) is 2.74. The number of aromatic nitrogens is 1. The number of benzene rings is 2. The number of anilines is 1. The molecule has 2 aromatic carbocycles. The molecule has 0 unspecified atom stereocenters. The largest absolute Gasteiger partial charge is 0.593 e. The summed E-state index contributed by atoms with van der Waals surface area (Å²) in [5.74, 6) is -1.70. The Kier molecular flexibility index (Phi) is 7.25. The monoisotopic (exact) mass is 481 g/mol. The zero-order chi connectivity index (χ0) is 24.3. The number of nitrogens with one attached hydrogen (secondary N) is 2. The van der Waals surface area contributed by atoms with Crippen LogP contribution in [-0.4, -0.2) is 22.5 Å².